The fourth-order valence-corrected chi connectivity index (χ4v) is 2.03. The molecule has 96 valence electrons. The number of aliphatic hydroxyl groups excluding tert-OH is 1. The van der Waals surface area contributed by atoms with Crippen molar-refractivity contribution in [2.45, 2.75) is 26.8 Å². The Hall–Kier alpha value is -1.81. The monoisotopic (exact) mass is 245 g/mol. The van der Waals surface area contributed by atoms with E-state index in [1.165, 1.54) is 16.7 Å². The second kappa shape index (κ2) is 5.23. The molecule has 0 radical (unpaired) electrons. The number of anilines is 1. The summed E-state index contributed by atoms with van der Waals surface area (Å²) >= 11 is 0. The molecule has 0 unspecified atom stereocenters. The van der Waals surface area contributed by atoms with Crippen molar-refractivity contribution in [3.05, 3.63) is 46.6 Å². The van der Waals surface area contributed by atoms with E-state index in [1.54, 1.807) is 4.68 Å². The molecule has 0 aliphatic rings. The summed E-state index contributed by atoms with van der Waals surface area (Å²) in [5.74, 6) is 0.601. The van der Waals surface area contributed by atoms with Gasteiger partial charge >= 0.3 is 0 Å². The van der Waals surface area contributed by atoms with Gasteiger partial charge in [-0.2, -0.15) is 5.10 Å². The van der Waals surface area contributed by atoms with Crippen LogP contribution in [-0.4, -0.2) is 21.5 Å². The Labute approximate surface area is 107 Å². The highest BCUT2D eigenvalue weighted by Gasteiger charge is 2.07. The van der Waals surface area contributed by atoms with Gasteiger partial charge in [0.05, 0.1) is 18.8 Å². The van der Waals surface area contributed by atoms with Crippen LogP contribution in [0.25, 0.3) is 0 Å². The van der Waals surface area contributed by atoms with Crippen molar-refractivity contribution >= 4 is 5.82 Å². The van der Waals surface area contributed by atoms with Crippen LogP contribution in [0.5, 0.6) is 0 Å². The lowest BCUT2D eigenvalue weighted by Crippen LogP contribution is -2.07. The number of benzene rings is 1. The number of nitrogens with zero attached hydrogens (tertiary/aromatic N) is 2. The van der Waals surface area contributed by atoms with Crippen LogP contribution in [0.2, 0.25) is 0 Å². The molecule has 3 N–H and O–H groups in total. The number of rotatable bonds is 4. The van der Waals surface area contributed by atoms with Gasteiger partial charge in [0.2, 0.25) is 0 Å². The Morgan fingerprint density at radius 3 is 2.78 bits per heavy atom. The molecule has 0 atom stereocenters. The zero-order chi connectivity index (χ0) is 13.1. The Balaban J connectivity index is 2.23. The van der Waals surface area contributed by atoms with Crippen LogP contribution < -0.4 is 5.73 Å². The number of hydrogen-bond acceptors (Lipinski definition) is 3. The van der Waals surface area contributed by atoms with Crippen molar-refractivity contribution in [1.29, 1.82) is 0 Å². The van der Waals surface area contributed by atoms with E-state index in [9.17, 15) is 0 Å². The topological polar surface area (TPSA) is 64.1 Å². The largest absolute Gasteiger partial charge is 0.394 e. The van der Waals surface area contributed by atoms with Crippen LogP contribution in [-0.2, 0) is 13.0 Å². The predicted octanol–water partition coefficient (Wildman–Crippen LogP) is 1.67. The van der Waals surface area contributed by atoms with Gasteiger partial charge in [-0.1, -0.05) is 23.8 Å². The zero-order valence-corrected chi connectivity index (χ0v) is 10.8. The van der Waals surface area contributed by atoms with Crippen LogP contribution in [0.15, 0.2) is 24.3 Å². The lowest BCUT2D eigenvalue weighted by molar-refractivity contribution is 0.270. The summed E-state index contributed by atoms with van der Waals surface area (Å²) < 4.78 is 1.64. The Morgan fingerprint density at radius 1 is 1.28 bits per heavy atom. The van der Waals surface area contributed by atoms with Crippen molar-refractivity contribution < 1.29 is 5.11 Å². The van der Waals surface area contributed by atoms with E-state index < -0.39 is 0 Å². The lowest BCUT2D eigenvalue weighted by atomic mass is 10.0. The van der Waals surface area contributed by atoms with E-state index in [1.807, 2.05) is 6.07 Å². The van der Waals surface area contributed by atoms with Crippen molar-refractivity contribution in [1.82, 2.24) is 9.78 Å². The third-order valence-corrected chi connectivity index (χ3v) is 3.05. The molecule has 0 bridgehead atoms. The average molecular weight is 245 g/mol. The van der Waals surface area contributed by atoms with E-state index in [2.05, 4.69) is 37.1 Å². The van der Waals surface area contributed by atoms with Gasteiger partial charge in [-0.3, -0.25) is 0 Å². The van der Waals surface area contributed by atoms with Gasteiger partial charge in [-0.25, -0.2) is 4.68 Å². The number of aryl methyl sites for hydroxylation is 2. The lowest BCUT2D eigenvalue weighted by Gasteiger charge is -2.05. The Kier molecular flexibility index (Phi) is 3.67. The molecule has 1 aromatic carbocycles. The van der Waals surface area contributed by atoms with Crippen LogP contribution in [0, 0.1) is 13.8 Å². The molecule has 18 heavy (non-hydrogen) atoms. The minimum Gasteiger partial charge on any atom is -0.394 e. The van der Waals surface area contributed by atoms with Gasteiger partial charge in [0, 0.05) is 12.5 Å². The van der Waals surface area contributed by atoms with E-state index in [-0.39, 0.29) is 6.61 Å². The fourth-order valence-electron chi connectivity index (χ4n) is 2.03. The third kappa shape index (κ3) is 2.71. The van der Waals surface area contributed by atoms with Crippen molar-refractivity contribution in [3.8, 4) is 0 Å². The normalized spacial score (nSPS) is 10.8. The summed E-state index contributed by atoms with van der Waals surface area (Å²) in [6, 6.07) is 8.28. The molecule has 0 amide bonds. The quantitative estimate of drug-likeness (QED) is 0.861. The smallest absolute Gasteiger partial charge is 0.122 e. The molecule has 0 saturated carbocycles. The summed E-state index contributed by atoms with van der Waals surface area (Å²) in [6.45, 7) is 4.68. The molecule has 2 rings (SSSR count). The molecule has 0 spiro atoms. The predicted molar refractivity (Wildman–Crippen MR) is 72.4 cm³/mol. The molecule has 1 aromatic heterocycles. The second-order valence-electron chi connectivity index (χ2n) is 4.61. The number of aliphatic hydroxyl groups is 1. The maximum absolute atomic E-state index is 8.91. The first-order valence-electron chi connectivity index (χ1n) is 6.09. The average Bonchev–Trinajstić information content (AvgIpc) is 2.65. The maximum Gasteiger partial charge on any atom is 0.122 e. The molecule has 4 heteroatoms. The summed E-state index contributed by atoms with van der Waals surface area (Å²) in [4.78, 5) is 0. The second-order valence-corrected chi connectivity index (χ2v) is 4.61. The van der Waals surface area contributed by atoms with Crippen LogP contribution in [0.4, 0.5) is 5.82 Å². The zero-order valence-electron chi connectivity index (χ0n) is 10.8. The van der Waals surface area contributed by atoms with Gasteiger partial charge < -0.3 is 10.8 Å². The van der Waals surface area contributed by atoms with Gasteiger partial charge in [0.1, 0.15) is 5.82 Å². The first-order chi connectivity index (χ1) is 8.60. The van der Waals surface area contributed by atoms with Crippen LogP contribution in [0.1, 0.15) is 22.4 Å². The van der Waals surface area contributed by atoms with Crippen molar-refractivity contribution in [2.24, 2.45) is 0 Å². The van der Waals surface area contributed by atoms with Gasteiger partial charge in [0.15, 0.2) is 0 Å². The number of hydrogen-bond donors (Lipinski definition) is 2. The maximum atomic E-state index is 8.91. The first-order valence-corrected chi connectivity index (χ1v) is 6.09. The number of nitrogen functional groups attached to an aromatic ring is 1. The molecule has 0 saturated heterocycles. The minimum atomic E-state index is 0.0504. The summed E-state index contributed by atoms with van der Waals surface area (Å²) in [5, 5.41) is 13.3. The van der Waals surface area contributed by atoms with E-state index >= 15 is 0 Å². The summed E-state index contributed by atoms with van der Waals surface area (Å²) in [5.41, 5.74) is 10.6. The standard InChI is InChI=1S/C14H19N3O/c1-10-3-4-11(2)12(7-10)8-13-9-14(15)17(16-13)5-6-18/h3-4,7,9,18H,5-6,8,15H2,1-2H3. The molecular weight excluding hydrogens is 226 g/mol. The highest BCUT2D eigenvalue weighted by Crippen LogP contribution is 2.16. The van der Waals surface area contributed by atoms with E-state index in [0.717, 1.165) is 12.1 Å². The molecule has 2 aromatic rings. The Morgan fingerprint density at radius 2 is 2.06 bits per heavy atom. The summed E-state index contributed by atoms with van der Waals surface area (Å²) in [7, 11) is 0. The molecule has 0 aliphatic heterocycles. The minimum absolute atomic E-state index is 0.0504. The van der Waals surface area contributed by atoms with Crippen LogP contribution in [0.3, 0.4) is 0 Å². The SMILES string of the molecule is Cc1ccc(C)c(Cc2cc(N)n(CCO)n2)c1. The highest BCUT2D eigenvalue weighted by atomic mass is 16.3. The van der Waals surface area contributed by atoms with Crippen molar-refractivity contribution in [2.75, 3.05) is 12.3 Å². The highest BCUT2D eigenvalue weighted by molar-refractivity contribution is 5.37. The summed E-state index contributed by atoms with van der Waals surface area (Å²) in [6.07, 6.45) is 0.774. The number of aromatic nitrogens is 2. The van der Waals surface area contributed by atoms with E-state index in [4.69, 9.17) is 10.8 Å². The number of nitrogens with two attached hydrogens (primary N) is 1. The van der Waals surface area contributed by atoms with Gasteiger partial charge in [0.25, 0.3) is 0 Å². The Bertz CT molecular complexity index is 546. The molecule has 4 nitrogen and oxygen atoms in total. The van der Waals surface area contributed by atoms with Gasteiger partial charge in [-0.15, -0.1) is 0 Å². The fraction of sp³-hybridized carbons (Fsp3) is 0.357. The van der Waals surface area contributed by atoms with E-state index in [0.29, 0.717) is 12.4 Å². The molecular formula is C14H19N3O. The van der Waals surface area contributed by atoms with Gasteiger partial charge in [-0.05, 0) is 25.0 Å². The van der Waals surface area contributed by atoms with Crippen LogP contribution >= 0.6 is 0 Å². The molecule has 1 heterocycles. The van der Waals surface area contributed by atoms with Crippen molar-refractivity contribution in [3.63, 3.8) is 0 Å². The third-order valence-electron chi connectivity index (χ3n) is 3.05. The first kappa shape index (κ1) is 12.6. The molecule has 0 fully saturated rings. The molecule has 0 aliphatic carbocycles.